The van der Waals surface area contributed by atoms with Crippen molar-refractivity contribution in [1.29, 1.82) is 0 Å². The highest BCUT2D eigenvalue weighted by molar-refractivity contribution is 5.99. The second-order valence-corrected chi connectivity index (χ2v) is 9.97. The number of rotatable bonds is 6. The van der Waals surface area contributed by atoms with E-state index < -0.39 is 40.5 Å². The van der Waals surface area contributed by atoms with Gasteiger partial charge in [0.05, 0.1) is 11.6 Å². The van der Waals surface area contributed by atoms with Gasteiger partial charge in [0, 0.05) is 37.0 Å². The molecule has 8 nitrogen and oxygen atoms in total. The van der Waals surface area contributed by atoms with Crippen LogP contribution in [0.15, 0.2) is 71.7 Å². The van der Waals surface area contributed by atoms with Crippen LogP contribution in [0.1, 0.15) is 45.8 Å². The molecule has 202 valence electrons. The number of halogens is 2. The lowest BCUT2D eigenvalue weighted by molar-refractivity contribution is 0.0222. The van der Waals surface area contributed by atoms with Crippen LogP contribution in [0.5, 0.6) is 5.75 Å². The fraction of sp³-hybridized carbons (Fsp3) is 0.276. The number of benzene rings is 2. The molecule has 3 aromatic rings. The second-order valence-electron chi connectivity index (χ2n) is 9.97. The molecule has 0 saturated carbocycles. The quantitative estimate of drug-likeness (QED) is 0.473. The molecule has 0 radical (unpaired) electrons. The van der Waals surface area contributed by atoms with Gasteiger partial charge in [-0.1, -0.05) is 48.6 Å². The predicted octanol–water partition coefficient (Wildman–Crippen LogP) is 3.13. The summed E-state index contributed by atoms with van der Waals surface area (Å²) in [5, 5.41) is 13.6. The SMILES string of the molecule is C[C@H]1C=C[C@H](O)[C@@]2(C)CN1C(=O)c1c(OCc3ccccc3)c(=O)c(C(=O)NCc3ccc(F)cc3F)cn12. The van der Waals surface area contributed by atoms with E-state index in [-0.39, 0.29) is 48.3 Å². The van der Waals surface area contributed by atoms with Crippen LogP contribution in [-0.2, 0) is 18.7 Å². The van der Waals surface area contributed by atoms with Gasteiger partial charge in [-0.15, -0.1) is 0 Å². The lowest BCUT2D eigenvalue weighted by Gasteiger charge is -2.45. The predicted molar refractivity (Wildman–Crippen MR) is 138 cm³/mol. The first-order valence-corrected chi connectivity index (χ1v) is 12.5. The number of aliphatic hydroxyl groups is 1. The van der Waals surface area contributed by atoms with E-state index >= 15 is 0 Å². The third-order valence-electron chi connectivity index (χ3n) is 7.30. The van der Waals surface area contributed by atoms with Crippen LogP contribution in [0.4, 0.5) is 8.78 Å². The van der Waals surface area contributed by atoms with Crippen molar-refractivity contribution in [1.82, 2.24) is 14.8 Å². The number of pyridine rings is 1. The van der Waals surface area contributed by atoms with Crippen LogP contribution in [0.3, 0.4) is 0 Å². The minimum Gasteiger partial charge on any atom is -0.483 e. The number of aromatic nitrogens is 1. The van der Waals surface area contributed by atoms with Gasteiger partial charge in [0.2, 0.25) is 5.43 Å². The average Bonchev–Trinajstić information content (AvgIpc) is 3.02. The molecule has 2 aromatic carbocycles. The van der Waals surface area contributed by atoms with Gasteiger partial charge in [-0.2, -0.15) is 0 Å². The summed E-state index contributed by atoms with van der Waals surface area (Å²) in [4.78, 5) is 42.1. The number of carbonyl (C=O) groups excluding carboxylic acids is 2. The van der Waals surface area contributed by atoms with Crippen LogP contribution in [0.25, 0.3) is 0 Å². The third-order valence-corrected chi connectivity index (χ3v) is 7.30. The summed E-state index contributed by atoms with van der Waals surface area (Å²) in [6.45, 7) is 3.30. The Morgan fingerprint density at radius 2 is 1.90 bits per heavy atom. The number of hydrogen-bond acceptors (Lipinski definition) is 5. The maximum absolute atomic E-state index is 14.1. The monoisotopic (exact) mass is 535 g/mol. The summed E-state index contributed by atoms with van der Waals surface area (Å²) < 4.78 is 34.8. The molecule has 2 amide bonds. The van der Waals surface area contributed by atoms with Crippen LogP contribution < -0.4 is 15.5 Å². The van der Waals surface area contributed by atoms with Crippen molar-refractivity contribution >= 4 is 11.8 Å². The maximum Gasteiger partial charge on any atom is 0.275 e. The minimum absolute atomic E-state index is 0.0273. The maximum atomic E-state index is 14.1. The van der Waals surface area contributed by atoms with Gasteiger partial charge in [0.25, 0.3) is 11.8 Å². The molecule has 0 aliphatic carbocycles. The van der Waals surface area contributed by atoms with Crippen LogP contribution in [0, 0.1) is 11.6 Å². The lowest BCUT2D eigenvalue weighted by Crippen LogP contribution is -2.58. The number of hydrogen-bond donors (Lipinski definition) is 2. The molecule has 0 saturated heterocycles. The fourth-order valence-corrected chi connectivity index (χ4v) is 4.93. The number of nitrogens with one attached hydrogen (secondary N) is 1. The summed E-state index contributed by atoms with van der Waals surface area (Å²) in [5.74, 6) is -3.23. The summed E-state index contributed by atoms with van der Waals surface area (Å²) >= 11 is 0. The number of fused-ring (bicyclic) bond motifs is 4. The number of ether oxygens (including phenoxy) is 1. The molecular weight excluding hydrogens is 508 g/mol. The first-order valence-electron chi connectivity index (χ1n) is 12.5. The van der Waals surface area contributed by atoms with Gasteiger partial charge in [0.1, 0.15) is 23.8 Å². The van der Waals surface area contributed by atoms with Crippen molar-refractivity contribution in [2.75, 3.05) is 6.54 Å². The zero-order chi connectivity index (χ0) is 27.9. The molecule has 2 aliphatic rings. The van der Waals surface area contributed by atoms with Crippen molar-refractivity contribution in [2.24, 2.45) is 0 Å². The Balaban J connectivity index is 1.60. The van der Waals surface area contributed by atoms with E-state index in [0.29, 0.717) is 6.07 Å². The smallest absolute Gasteiger partial charge is 0.275 e. The number of carbonyl (C=O) groups is 2. The minimum atomic E-state index is -1.12. The highest BCUT2D eigenvalue weighted by Gasteiger charge is 2.48. The number of aliphatic hydroxyl groups excluding tert-OH is 1. The van der Waals surface area contributed by atoms with Gasteiger partial charge in [-0.3, -0.25) is 14.4 Å². The molecule has 2 N–H and O–H groups in total. The number of nitrogens with zero attached hydrogens (tertiary/aromatic N) is 2. The summed E-state index contributed by atoms with van der Waals surface area (Å²) in [7, 11) is 0. The van der Waals surface area contributed by atoms with Crippen LogP contribution >= 0.6 is 0 Å². The average molecular weight is 536 g/mol. The molecule has 39 heavy (non-hydrogen) atoms. The summed E-state index contributed by atoms with van der Waals surface area (Å²) in [5.41, 5.74) is -1.60. The van der Waals surface area contributed by atoms with Crippen molar-refractivity contribution in [2.45, 2.75) is 44.7 Å². The van der Waals surface area contributed by atoms with Gasteiger partial charge in [-0.05, 0) is 25.5 Å². The third kappa shape index (κ3) is 4.72. The lowest BCUT2D eigenvalue weighted by atomic mass is 9.90. The highest BCUT2D eigenvalue weighted by Crippen LogP contribution is 2.37. The Morgan fingerprint density at radius 3 is 2.62 bits per heavy atom. The molecule has 0 spiro atoms. The molecule has 0 fully saturated rings. The second kappa shape index (κ2) is 10.1. The normalized spacial score (nSPS) is 21.8. The van der Waals surface area contributed by atoms with E-state index in [1.165, 1.54) is 16.8 Å². The molecule has 5 rings (SSSR count). The Labute approximate surface area is 223 Å². The van der Waals surface area contributed by atoms with Crippen molar-refractivity contribution in [3.8, 4) is 5.75 Å². The zero-order valence-electron chi connectivity index (χ0n) is 21.4. The molecule has 2 aliphatic heterocycles. The summed E-state index contributed by atoms with van der Waals surface area (Å²) in [6, 6.07) is 11.6. The molecule has 3 heterocycles. The molecule has 1 aromatic heterocycles. The van der Waals surface area contributed by atoms with E-state index in [4.69, 9.17) is 4.74 Å². The van der Waals surface area contributed by atoms with E-state index in [9.17, 15) is 28.3 Å². The first kappa shape index (κ1) is 26.3. The van der Waals surface area contributed by atoms with Crippen molar-refractivity contribution in [3.05, 3.63) is 111 Å². The highest BCUT2D eigenvalue weighted by atomic mass is 19.1. The molecular formula is C29H27F2N3O5. The first-order chi connectivity index (χ1) is 18.6. The Hall–Kier alpha value is -4.31. The Bertz CT molecular complexity index is 1540. The molecule has 2 bridgehead atoms. The van der Waals surface area contributed by atoms with E-state index in [2.05, 4.69) is 5.32 Å². The Morgan fingerprint density at radius 1 is 1.15 bits per heavy atom. The standard InChI is InChI=1S/C29H27F2N3O5/c1-17-8-11-23(35)29(2)16-33(17)28(38)24-26(39-15-18-6-4-3-5-7-18)25(36)21(14-34(24)29)27(37)32-13-19-9-10-20(30)12-22(19)31/h3-12,14,17,23,35H,13,15-16H2,1-2H3,(H,32,37)/t17-,23-,29+/m0/s1. The van der Waals surface area contributed by atoms with E-state index in [1.807, 2.05) is 13.0 Å². The van der Waals surface area contributed by atoms with Crippen LogP contribution in [0.2, 0.25) is 0 Å². The van der Waals surface area contributed by atoms with Gasteiger partial charge in [0.15, 0.2) is 11.4 Å². The molecule has 3 atom stereocenters. The van der Waals surface area contributed by atoms with Gasteiger partial charge < -0.3 is 24.6 Å². The Kier molecular flexibility index (Phi) is 6.82. The van der Waals surface area contributed by atoms with Gasteiger partial charge in [-0.25, -0.2) is 8.78 Å². The van der Waals surface area contributed by atoms with Crippen LogP contribution in [-0.4, -0.2) is 45.1 Å². The van der Waals surface area contributed by atoms with Gasteiger partial charge >= 0.3 is 0 Å². The zero-order valence-corrected chi connectivity index (χ0v) is 21.4. The van der Waals surface area contributed by atoms with E-state index in [1.54, 1.807) is 48.2 Å². The topological polar surface area (TPSA) is 101 Å². The van der Waals surface area contributed by atoms with Crippen molar-refractivity contribution in [3.63, 3.8) is 0 Å². The summed E-state index contributed by atoms with van der Waals surface area (Å²) in [6.07, 6.45) is 3.50. The fourth-order valence-electron chi connectivity index (χ4n) is 4.93. The van der Waals surface area contributed by atoms with E-state index in [0.717, 1.165) is 11.6 Å². The van der Waals surface area contributed by atoms with Crippen molar-refractivity contribution < 1.29 is 28.2 Å². The molecule has 0 unspecified atom stereocenters. The number of amides is 2. The molecule has 10 heteroatoms. The largest absolute Gasteiger partial charge is 0.483 e.